The summed E-state index contributed by atoms with van der Waals surface area (Å²) in [5.74, 6) is 0. The molecule has 0 aliphatic heterocycles. The van der Waals surface area contributed by atoms with Gasteiger partial charge in [0.05, 0.1) is 5.41 Å². The van der Waals surface area contributed by atoms with Crippen LogP contribution in [-0.2, 0) is 5.41 Å². The lowest BCUT2D eigenvalue weighted by Crippen LogP contribution is -2.28. The van der Waals surface area contributed by atoms with Gasteiger partial charge in [0.1, 0.15) is 0 Å². The van der Waals surface area contributed by atoms with E-state index in [9.17, 15) is 0 Å². The summed E-state index contributed by atoms with van der Waals surface area (Å²) in [4.78, 5) is 2.40. The van der Waals surface area contributed by atoms with E-state index >= 15 is 0 Å². The van der Waals surface area contributed by atoms with Gasteiger partial charge in [-0.15, -0.1) is 0 Å². The minimum atomic E-state index is -0.469. The van der Waals surface area contributed by atoms with E-state index in [1.807, 2.05) is 0 Å². The number of nitrogens with zero attached hydrogens (tertiary/aromatic N) is 1. The number of hydrogen-bond acceptors (Lipinski definition) is 1. The Bertz CT molecular complexity index is 3460. The molecular formula is C65H45N. The summed E-state index contributed by atoms with van der Waals surface area (Å²) < 4.78 is 0. The lowest BCUT2D eigenvalue weighted by Gasteiger charge is -2.34. The average Bonchev–Trinajstić information content (AvgIpc) is 3.71. The third kappa shape index (κ3) is 6.73. The first kappa shape index (κ1) is 39.1. The molecule has 0 aromatic heterocycles. The fraction of sp³-hybridized carbons (Fsp3) is 0.0154. The van der Waals surface area contributed by atoms with E-state index in [1.54, 1.807) is 0 Å². The van der Waals surface area contributed by atoms with Gasteiger partial charge in [-0.05, 0) is 137 Å². The standard InChI is InChI=1S/C65H45N/c1-4-17-46(18-5-1)51-21-14-22-52(43-51)48-35-39-57(40-36-48)66(58-41-37-49(38-42-58)53-34-33-47-19-10-11-20-50(47)44-53)59-28-15-23-54(45-59)60-30-16-32-63-64(60)61-29-12-13-31-62(61)65(63,55-24-6-2-7-25-55)56-26-8-3-9-27-56/h1-45H. The highest BCUT2D eigenvalue weighted by molar-refractivity contribution is 5.96. The molecule has 1 nitrogen and oxygen atoms in total. The van der Waals surface area contributed by atoms with Crippen LogP contribution in [0.2, 0.25) is 0 Å². The predicted molar refractivity (Wildman–Crippen MR) is 278 cm³/mol. The van der Waals surface area contributed by atoms with Crippen LogP contribution in [0.25, 0.3) is 66.4 Å². The first-order valence-electron chi connectivity index (χ1n) is 22.8. The fourth-order valence-electron chi connectivity index (χ4n) is 10.5. The molecule has 11 aromatic carbocycles. The summed E-state index contributed by atoms with van der Waals surface area (Å²) in [5.41, 5.74) is 20.1. The molecule has 0 atom stereocenters. The van der Waals surface area contributed by atoms with E-state index < -0.39 is 5.41 Å². The lowest BCUT2D eigenvalue weighted by atomic mass is 9.67. The molecule has 0 saturated carbocycles. The summed E-state index contributed by atoms with van der Waals surface area (Å²) in [6, 6.07) is 100.0. The van der Waals surface area contributed by atoms with Crippen molar-refractivity contribution in [2.24, 2.45) is 0 Å². The molecule has 1 heteroatoms. The molecule has 310 valence electrons. The Balaban J connectivity index is 0.990. The Morgan fingerprint density at radius 2 is 0.697 bits per heavy atom. The summed E-state index contributed by atoms with van der Waals surface area (Å²) in [6.07, 6.45) is 0. The molecule has 0 bridgehead atoms. The molecule has 0 N–H and O–H groups in total. The van der Waals surface area contributed by atoms with Gasteiger partial charge < -0.3 is 4.90 Å². The van der Waals surface area contributed by atoms with Gasteiger partial charge in [-0.1, -0.05) is 224 Å². The maximum absolute atomic E-state index is 2.40. The van der Waals surface area contributed by atoms with Crippen LogP contribution < -0.4 is 4.90 Å². The van der Waals surface area contributed by atoms with Crippen LogP contribution in [0.15, 0.2) is 273 Å². The van der Waals surface area contributed by atoms with Gasteiger partial charge in [0, 0.05) is 17.1 Å². The fourth-order valence-corrected chi connectivity index (χ4v) is 10.5. The summed E-state index contributed by atoms with van der Waals surface area (Å²) in [5, 5.41) is 2.49. The Hall–Kier alpha value is -8.52. The van der Waals surface area contributed by atoms with Crippen LogP contribution >= 0.6 is 0 Å². The Morgan fingerprint density at radius 1 is 0.242 bits per heavy atom. The van der Waals surface area contributed by atoms with Crippen molar-refractivity contribution >= 4 is 27.8 Å². The molecule has 0 spiro atoms. The predicted octanol–water partition coefficient (Wildman–Crippen LogP) is 17.3. The smallest absolute Gasteiger partial charge is 0.0713 e. The minimum Gasteiger partial charge on any atom is -0.310 e. The highest BCUT2D eigenvalue weighted by Gasteiger charge is 2.46. The van der Waals surface area contributed by atoms with E-state index in [-0.39, 0.29) is 0 Å². The number of anilines is 3. The van der Waals surface area contributed by atoms with Crippen molar-refractivity contribution in [1.82, 2.24) is 0 Å². The minimum absolute atomic E-state index is 0.469. The first-order chi connectivity index (χ1) is 32.7. The van der Waals surface area contributed by atoms with Crippen molar-refractivity contribution in [3.05, 3.63) is 295 Å². The van der Waals surface area contributed by atoms with Gasteiger partial charge in [0.2, 0.25) is 0 Å². The van der Waals surface area contributed by atoms with Crippen LogP contribution in [0.3, 0.4) is 0 Å². The van der Waals surface area contributed by atoms with Crippen molar-refractivity contribution in [2.45, 2.75) is 5.41 Å². The second-order valence-corrected chi connectivity index (χ2v) is 17.2. The molecule has 0 saturated heterocycles. The van der Waals surface area contributed by atoms with E-state index in [2.05, 4.69) is 278 Å². The highest BCUT2D eigenvalue weighted by Crippen LogP contribution is 2.58. The molecule has 1 aliphatic rings. The molecule has 66 heavy (non-hydrogen) atoms. The van der Waals surface area contributed by atoms with Crippen LogP contribution in [0.1, 0.15) is 22.3 Å². The Kier molecular flexibility index (Phi) is 9.81. The zero-order valence-electron chi connectivity index (χ0n) is 36.4. The second kappa shape index (κ2) is 16.6. The number of rotatable bonds is 9. The highest BCUT2D eigenvalue weighted by atomic mass is 15.1. The average molecular weight is 840 g/mol. The van der Waals surface area contributed by atoms with Crippen LogP contribution in [-0.4, -0.2) is 0 Å². The van der Waals surface area contributed by atoms with Crippen LogP contribution in [0.5, 0.6) is 0 Å². The Labute approximate surface area is 387 Å². The van der Waals surface area contributed by atoms with Gasteiger partial charge in [0.25, 0.3) is 0 Å². The van der Waals surface area contributed by atoms with Crippen LogP contribution in [0.4, 0.5) is 17.1 Å². The molecular weight excluding hydrogens is 795 g/mol. The van der Waals surface area contributed by atoms with E-state index in [4.69, 9.17) is 0 Å². The van der Waals surface area contributed by atoms with Crippen molar-refractivity contribution < 1.29 is 0 Å². The van der Waals surface area contributed by atoms with E-state index in [1.165, 1.54) is 88.7 Å². The number of fused-ring (bicyclic) bond motifs is 4. The molecule has 0 fully saturated rings. The normalized spacial score (nSPS) is 12.4. The lowest BCUT2D eigenvalue weighted by molar-refractivity contribution is 0.768. The second-order valence-electron chi connectivity index (χ2n) is 17.2. The SMILES string of the molecule is c1ccc(-c2cccc(-c3ccc(N(c4ccc(-c5ccc6ccccc6c5)cc4)c4cccc(-c5cccc6c5-c5ccccc5C6(c5ccccc5)c5ccccc5)c4)cc3)c2)cc1. The number of hydrogen-bond donors (Lipinski definition) is 0. The zero-order valence-corrected chi connectivity index (χ0v) is 36.4. The first-order valence-corrected chi connectivity index (χ1v) is 22.8. The monoisotopic (exact) mass is 839 g/mol. The van der Waals surface area contributed by atoms with Crippen molar-refractivity contribution in [1.29, 1.82) is 0 Å². The molecule has 11 aromatic rings. The Morgan fingerprint density at radius 3 is 1.36 bits per heavy atom. The van der Waals surface area contributed by atoms with Crippen molar-refractivity contribution in [3.8, 4) is 55.6 Å². The van der Waals surface area contributed by atoms with Crippen LogP contribution in [0, 0.1) is 0 Å². The summed E-state index contributed by atoms with van der Waals surface area (Å²) in [7, 11) is 0. The molecule has 0 amide bonds. The summed E-state index contributed by atoms with van der Waals surface area (Å²) >= 11 is 0. The summed E-state index contributed by atoms with van der Waals surface area (Å²) in [6.45, 7) is 0. The van der Waals surface area contributed by atoms with Gasteiger partial charge in [0.15, 0.2) is 0 Å². The third-order valence-electron chi connectivity index (χ3n) is 13.5. The number of benzene rings is 11. The molecule has 0 radical (unpaired) electrons. The molecule has 12 rings (SSSR count). The van der Waals surface area contributed by atoms with Gasteiger partial charge >= 0.3 is 0 Å². The molecule has 1 aliphatic carbocycles. The quantitative estimate of drug-likeness (QED) is 0.140. The third-order valence-corrected chi connectivity index (χ3v) is 13.5. The van der Waals surface area contributed by atoms with Crippen molar-refractivity contribution in [2.75, 3.05) is 4.90 Å². The van der Waals surface area contributed by atoms with Gasteiger partial charge in [-0.3, -0.25) is 0 Å². The van der Waals surface area contributed by atoms with E-state index in [0.29, 0.717) is 0 Å². The van der Waals surface area contributed by atoms with E-state index in [0.717, 1.165) is 17.1 Å². The topological polar surface area (TPSA) is 3.24 Å². The zero-order chi connectivity index (χ0) is 43.9. The van der Waals surface area contributed by atoms with Gasteiger partial charge in [-0.2, -0.15) is 0 Å². The largest absolute Gasteiger partial charge is 0.310 e. The molecule has 0 heterocycles. The maximum Gasteiger partial charge on any atom is 0.0713 e. The maximum atomic E-state index is 2.40. The molecule has 0 unspecified atom stereocenters. The van der Waals surface area contributed by atoms with Gasteiger partial charge in [-0.25, -0.2) is 0 Å². The van der Waals surface area contributed by atoms with Crippen molar-refractivity contribution in [3.63, 3.8) is 0 Å².